The number of rotatable bonds is 2. The molecule has 0 spiro atoms. The zero-order valence-electron chi connectivity index (χ0n) is 11.9. The lowest BCUT2D eigenvalue weighted by Crippen LogP contribution is -2.52. The Kier molecular flexibility index (Phi) is 3.83. The molecule has 0 radical (unpaired) electrons. The fraction of sp³-hybridized carbons (Fsp3) is 0.714. The molecule has 1 aromatic heterocycles. The Morgan fingerprint density at radius 1 is 1.42 bits per heavy atom. The average Bonchev–Trinajstić information content (AvgIpc) is 2.80. The predicted octanol–water partition coefficient (Wildman–Crippen LogP) is 3.15. The third-order valence-electron chi connectivity index (χ3n) is 3.86. The number of nitrogens with zero attached hydrogens (tertiary/aromatic N) is 3. The second kappa shape index (κ2) is 5.23. The molecule has 1 amide bonds. The fourth-order valence-electron chi connectivity index (χ4n) is 3.12. The summed E-state index contributed by atoms with van der Waals surface area (Å²) < 4.78 is 2.11. The molecule has 0 aromatic carbocycles. The van der Waals surface area contributed by atoms with Gasteiger partial charge in [-0.15, -0.1) is 0 Å². The second-order valence-corrected chi connectivity index (χ2v) is 6.31. The molecule has 0 aliphatic heterocycles. The molecule has 2 unspecified atom stereocenters. The number of amides is 1. The fourth-order valence-corrected chi connectivity index (χ4v) is 3.12. The van der Waals surface area contributed by atoms with Gasteiger partial charge < -0.3 is 14.6 Å². The third-order valence-corrected chi connectivity index (χ3v) is 3.86. The van der Waals surface area contributed by atoms with Gasteiger partial charge in [-0.3, -0.25) is 0 Å². The lowest BCUT2D eigenvalue weighted by Gasteiger charge is -2.43. The van der Waals surface area contributed by atoms with Crippen LogP contribution in [0.3, 0.4) is 0 Å². The smallest absolute Gasteiger partial charge is 0.407 e. The van der Waals surface area contributed by atoms with Gasteiger partial charge >= 0.3 is 6.09 Å². The van der Waals surface area contributed by atoms with Crippen LogP contribution in [0.1, 0.15) is 52.5 Å². The molecule has 1 N–H and O–H groups in total. The van der Waals surface area contributed by atoms with E-state index in [4.69, 9.17) is 0 Å². The number of aromatic nitrogens is 2. The highest BCUT2D eigenvalue weighted by Crippen LogP contribution is 2.34. The van der Waals surface area contributed by atoms with Gasteiger partial charge in [-0.25, -0.2) is 9.78 Å². The Balaban J connectivity index is 2.13. The van der Waals surface area contributed by atoms with Crippen LogP contribution in [0.25, 0.3) is 0 Å². The molecule has 1 aliphatic carbocycles. The van der Waals surface area contributed by atoms with E-state index in [1.165, 1.54) is 0 Å². The number of carboxylic acid groups (broad SMARTS) is 1. The molecular weight excluding hydrogens is 242 g/mol. The van der Waals surface area contributed by atoms with Crippen molar-refractivity contribution in [3.8, 4) is 0 Å². The zero-order valence-corrected chi connectivity index (χ0v) is 11.9. The minimum atomic E-state index is -0.816. The molecule has 19 heavy (non-hydrogen) atoms. The van der Waals surface area contributed by atoms with Crippen LogP contribution in [0.2, 0.25) is 0 Å². The first-order valence-corrected chi connectivity index (χ1v) is 6.89. The monoisotopic (exact) mass is 265 g/mol. The summed E-state index contributed by atoms with van der Waals surface area (Å²) in [6.07, 6.45) is 8.75. The van der Waals surface area contributed by atoms with Gasteiger partial charge in [0.05, 0.1) is 6.33 Å². The highest BCUT2D eigenvalue weighted by atomic mass is 16.4. The van der Waals surface area contributed by atoms with Crippen LogP contribution in [0.15, 0.2) is 18.7 Å². The first kappa shape index (κ1) is 13.9. The van der Waals surface area contributed by atoms with Crippen molar-refractivity contribution in [2.75, 3.05) is 0 Å². The molecule has 1 aliphatic rings. The minimum absolute atomic E-state index is 0.0960. The van der Waals surface area contributed by atoms with Crippen molar-refractivity contribution in [2.45, 2.75) is 64.1 Å². The molecule has 1 fully saturated rings. The van der Waals surface area contributed by atoms with E-state index in [2.05, 4.69) is 9.55 Å². The van der Waals surface area contributed by atoms with Crippen molar-refractivity contribution < 1.29 is 9.90 Å². The van der Waals surface area contributed by atoms with E-state index >= 15 is 0 Å². The molecule has 1 heterocycles. The summed E-state index contributed by atoms with van der Waals surface area (Å²) in [5, 5.41) is 9.48. The Bertz CT molecular complexity index is 422. The summed E-state index contributed by atoms with van der Waals surface area (Å²) in [4.78, 5) is 17.3. The van der Waals surface area contributed by atoms with Crippen molar-refractivity contribution in [3.63, 3.8) is 0 Å². The molecule has 106 valence electrons. The number of hydrogen-bond acceptors (Lipinski definition) is 2. The van der Waals surface area contributed by atoms with Crippen molar-refractivity contribution in [1.82, 2.24) is 14.5 Å². The number of carbonyl (C=O) groups is 1. The van der Waals surface area contributed by atoms with Gasteiger partial charge in [0, 0.05) is 30.0 Å². The topological polar surface area (TPSA) is 58.4 Å². The normalized spacial score (nSPS) is 24.2. The predicted molar refractivity (Wildman–Crippen MR) is 73.1 cm³/mol. The van der Waals surface area contributed by atoms with Crippen LogP contribution in [0, 0.1) is 0 Å². The van der Waals surface area contributed by atoms with Crippen LogP contribution < -0.4 is 0 Å². The van der Waals surface area contributed by atoms with E-state index in [0.29, 0.717) is 6.04 Å². The number of hydrogen-bond donors (Lipinski definition) is 1. The summed E-state index contributed by atoms with van der Waals surface area (Å²) in [5.41, 5.74) is -0.354. The summed E-state index contributed by atoms with van der Waals surface area (Å²) in [6.45, 7) is 5.88. The van der Waals surface area contributed by atoms with E-state index in [0.717, 1.165) is 25.7 Å². The van der Waals surface area contributed by atoms with E-state index in [1.807, 2.05) is 33.3 Å². The van der Waals surface area contributed by atoms with E-state index in [1.54, 1.807) is 11.1 Å². The summed E-state index contributed by atoms with van der Waals surface area (Å²) >= 11 is 0. The number of imidazole rings is 1. The quantitative estimate of drug-likeness (QED) is 0.893. The van der Waals surface area contributed by atoms with Crippen LogP contribution in [0.4, 0.5) is 4.79 Å². The lowest BCUT2D eigenvalue weighted by molar-refractivity contribution is 0.0486. The van der Waals surface area contributed by atoms with Crippen LogP contribution in [0.5, 0.6) is 0 Å². The van der Waals surface area contributed by atoms with E-state index in [9.17, 15) is 9.90 Å². The highest BCUT2D eigenvalue weighted by Gasteiger charge is 2.36. The second-order valence-electron chi connectivity index (χ2n) is 6.31. The maximum absolute atomic E-state index is 11.5. The molecule has 0 bridgehead atoms. The molecular formula is C14H23N3O2. The van der Waals surface area contributed by atoms with Gasteiger partial charge in [-0.1, -0.05) is 0 Å². The Morgan fingerprint density at radius 2 is 2.16 bits per heavy atom. The van der Waals surface area contributed by atoms with Gasteiger partial charge in [0.15, 0.2) is 0 Å². The maximum atomic E-state index is 11.5. The molecule has 2 atom stereocenters. The molecule has 2 rings (SSSR count). The Morgan fingerprint density at radius 3 is 2.68 bits per heavy atom. The van der Waals surface area contributed by atoms with Gasteiger partial charge in [-0.05, 0) is 46.5 Å². The van der Waals surface area contributed by atoms with Crippen LogP contribution in [-0.4, -0.2) is 37.2 Å². The molecule has 0 saturated heterocycles. The summed E-state index contributed by atoms with van der Waals surface area (Å²) in [5.74, 6) is 0. The first-order valence-electron chi connectivity index (χ1n) is 6.89. The first-order chi connectivity index (χ1) is 8.89. The largest absolute Gasteiger partial charge is 0.465 e. The zero-order chi connectivity index (χ0) is 14.0. The summed E-state index contributed by atoms with van der Waals surface area (Å²) in [7, 11) is 0. The standard InChI is InChI=1S/C14H23N3O2/c1-14(2,3)17(13(18)19)12-6-4-5-11(9-12)16-8-7-15-10-16/h7-8,10-12H,4-6,9H2,1-3H3,(H,18,19). The Labute approximate surface area is 114 Å². The minimum Gasteiger partial charge on any atom is -0.465 e. The van der Waals surface area contributed by atoms with Crippen molar-refractivity contribution in [2.24, 2.45) is 0 Å². The van der Waals surface area contributed by atoms with Gasteiger partial charge in [-0.2, -0.15) is 0 Å². The van der Waals surface area contributed by atoms with Gasteiger partial charge in [0.1, 0.15) is 0 Å². The van der Waals surface area contributed by atoms with Gasteiger partial charge in [0.25, 0.3) is 0 Å². The van der Waals surface area contributed by atoms with Crippen LogP contribution >= 0.6 is 0 Å². The van der Waals surface area contributed by atoms with Crippen molar-refractivity contribution in [3.05, 3.63) is 18.7 Å². The average molecular weight is 265 g/mol. The van der Waals surface area contributed by atoms with E-state index in [-0.39, 0.29) is 11.6 Å². The molecule has 1 saturated carbocycles. The highest BCUT2D eigenvalue weighted by molar-refractivity contribution is 5.66. The van der Waals surface area contributed by atoms with Crippen LogP contribution in [-0.2, 0) is 0 Å². The summed E-state index contributed by atoms with van der Waals surface area (Å²) in [6, 6.07) is 0.462. The molecule has 5 heteroatoms. The Hall–Kier alpha value is -1.52. The molecule has 1 aromatic rings. The van der Waals surface area contributed by atoms with Crippen molar-refractivity contribution in [1.29, 1.82) is 0 Å². The lowest BCUT2D eigenvalue weighted by atomic mass is 9.87. The molecule has 5 nitrogen and oxygen atoms in total. The van der Waals surface area contributed by atoms with Crippen molar-refractivity contribution >= 4 is 6.09 Å². The SMILES string of the molecule is CC(C)(C)N(C(=O)O)C1CCCC(n2ccnc2)C1. The third kappa shape index (κ3) is 3.08. The van der Waals surface area contributed by atoms with Gasteiger partial charge in [0.2, 0.25) is 0 Å². The van der Waals surface area contributed by atoms with E-state index < -0.39 is 6.09 Å². The maximum Gasteiger partial charge on any atom is 0.407 e.